The van der Waals surface area contributed by atoms with Crippen molar-refractivity contribution in [1.29, 1.82) is 0 Å². The van der Waals surface area contributed by atoms with E-state index in [1.807, 2.05) is 0 Å². The zero-order chi connectivity index (χ0) is 25.1. The molecule has 0 aliphatic heterocycles. The maximum atomic E-state index is 3.98. The van der Waals surface area contributed by atoms with Crippen molar-refractivity contribution in [2.24, 2.45) is 0 Å². The van der Waals surface area contributed by atoms with Crippen LogP contribution in [-0.2, 0) is 12.8 Å². The molecule has 0 spiro atoms. The van der Waals surface area contributed by atoms with Gasteiger partial charge in [0, 0.05) is 14.3 Å². The number of hydrogen-bond acceptors (Lipinski definition) is 0. The van der Waals surface area contributed by atoms with Crippen molar-refractivity contribution in [1.82, 2.24) is 0 Å². The largest absolute Gasteiger partial charge is 0.0654 e. The highest BCUT2D eigenvalue weighted by atomic mass is 79.9. The average Bonchev–Trinajstić information content (AvgIpc) is 2.89. The smallest absolute Gasteiger partial charge is 0.0266 e. The Balaban J connectivity index is 1.65. The van der Waals surface area contributed by atoms with Crippen molar-refractivity contribution >= 4 is 74.9 Å². The van der Waals surface area contributed by atoms with Crippen molar-refractivity contribution < 1.29 is 0 Å². The van der Waals surface area contributed by atoms with Gasteiger partial charge in [0.2, 0.25) is 0 Å². The lowest BCUT2D eigenvalue weighted by Gasteiger charge is -2.15. The summed E-state index contributed by atoms with van der Waals surface area (Å²) in [7, 11) is 0. The average molecular weight is 604 g/mol. The zero-order valence-electron chi connectivity index (χ0n) is 21.6. The van der Waals surface area contributed by atoms with Crippen LogP contribution in [0.2, 0.25) is 0 Å². The van der Waals surface area contributed by atoms with Crippen LogP contribution in [0.5, 0.6) is 0 Å². The molecule has 0 fully saturated rings. The van der Waals surface area contributed by atoms with E-state index >= 15 is 0 Å². The molecule has 36 heavy (non-hydrogen) atoms. The lowest BCUT2D eigenvalue weighted by Crippen LogP contribution is -1.90. The van der Waals surface area contributed by atoms with E-state index in [-0.39, 0.29) is 0 Å². The molecular weight excluding hydrogens is 568 g/mol. The maximum absolute atomic E-state index is 3.98. The zero-order valence-corrected chi connectivity index (χ0v) is 24.8. The van der Waals surface area contributed by atoms with E-state index in [1.54, 1.807) is 0 Å². The molecule has 0 aliphatic carbocycles. The summed E-state index contributed by atoms with van der Waals surface area (Å²) in [6.07, 6.45) is 12.7. The number of rotatable bonds is 10. The summed E-state index contributed by atoms with van der Waals surface area (Å²) in [4.78, 5) is 0. The van der Waals surface area contributed by atoms with Crippen LogP contribution in [-0.4, -0.2) is 0 Å². The molecule has 0 aliphatic rings. The van der Waals surface area contributed by atoms with Gasteiger partial charge in [-0.15, -0.1) is 0 Å². The van der Waals surface area contributed by atoms with Gasteiger partial charge in [-0.25, -0.2) is 0 Å². The van der Waals surface area contributed by atoms with Gasteiger partial charge in [0.15, 0.2) is 0 Å². The summed E-state index contributed by atoms with van der Waals surface area (Å²) in [6.45, 7) is 4.56. The monoisotopic (exact) mass is 602 g/mol. The van der Waals surface area contributed by atoms with Crippen LogP contribution in [0.3, 0.4) is 0 Å². The highest BCUT2D eigenvalue weighted by Gasteiger charge is 2.14. The molecule has 0 saturated carbocycles. The van der Waals surface area contributed by atoms with E-state index in [2.05, 4.69) is 106 Å². The van der Waals surface area contributed by atoms with E-state index < -0.39 is 0 Å². The van der Waals surface area contributed by atoms with Crippen LogP contribution >= 0.6 is 31.9 Å². The summed E-state index contributed by atoms with van der Waals surface area (Å²) in [6, 6.07) is 23.4. The predicted octanol–water partition coefficient (Wildman–Crippen LogP) is 12.1. The molecule has 0 bridgehead atoms. The van der Waals surface area contributed by atoms with Crippen molar-refractivity contribution in [2.75, 3.05) is 0 Å². The van der Waals surface area contributed by atoms with Crippen molar-refractivity contribution in [3.63, 3.8) is 0 Å². The number of fused-ring (bicyclic) bond motifs is 7. The van der Waals surface area contributed by atoms with Crippen LogP contribution in [0.1, 0.15) is 76.3 Å². The molecule has 186 valence electrons. The first-order valence-electron chi connectivity index (χ1n) is 13.8. The minimum atomic E-state index is 1.16. The molecule has 5 aromatic rings. The van der Waals surface area contributed by atoms with Crippen molar-refractivity contribution in [3.05, 3.63) is 80.7 Å². The number of unbranched alkanes of at least 4 members (excludes halogenated alkanes) is 6. The second kappa shape index (κ2) is 11.7. The summed E-state index contributed by atoms with van der Waals surface area (Å²) in [5, 5.41) is 10.6. The second-order valence-corrected chi connectivity index (χ2v) is 12.1. The molecule has 0 heterocycles. The van der Waals surface area contributed by atoms with Gasteiger partial charge in [-0.2, -0.15) is 0 Å². The summed E-state index contributed by atoms with van der Waals surface area (Å²) >= 11 is 7.89. The first-order chi connectivity index (χ1) is 17.6. The first-order valence-corrected chi connectivity index (χ1v) is 15.4. The Kier molecular flexibility index (Phi) is 8.33. The van der Waals surface area contributed by atoms with Gasteiger partial charge in [-0.05, 0) is 86.6 Å². The minimum Gasteiger partial charge on any atom is -0.0654 e. The van der Waals surface area contributed by atoms with Gasteiger partial charge in [-0.1, -0.05) is 133 Å². The molecular formula is C34H36Br2. The summed E-state index contributed by atoms with van der Waals surface area (Å²) in [5.74, 6) is 0. The standard InChI is InChI=1S/C34H36Br2/c1-3-5-7-9-11-23-14-16-27-26(19-23)22-31(35)29-18-17-28-30-20-24(12-10-8-6-4-2)13-15-25(30)21-32(36)34(28)33(27)29/h13-22H,3-12H2,1-2H3. The van der Waals surface area contributed by atoms with Gasteiger partial charge in [0.25, 0.3) is 0 Å². The fourth-order valence-electron chi connectivity index (χ4n) is 5.72. The Hall–Kier alpha value is -1.90. The molecule has 0 unspecified atom stereocenters. The number of halogens is 2. The molecule has 0 aromatic heterocycles. The Morgan fingerprint density at radius 2 is 1.08 bits per heavy atom. The van der Waals surface area contributed by atoms with Crippen LogP contribution in [0.25, 0.3) is 43.1 Å². The van der Waals surface area contributed by atoms with Crippen LogP contribution in [0.4, 0.5) is 0 Å². The molecule has 5 rings (SSSR count). The van der Waals surface area contributed by atoms with Crippen molar-refractivity contribution in [2.45, 2.75) is 78.1 Å². The SMILES string of the molecule is CCCCCCc1ccc2c(c1)cc(Br)c1ccc3c4cc(CCCCCC)ccc4cc(Br)c3c12. The van der Waals surface area contributed by atoms with E-state index in [4.69, 9.17) is 0 Å². The summed E-state index contributed by atoms with van der Waals surface area (Å²) in [5.41, 5.74) is 2.90. The third kappa shape index (κ3) is 5.22. The van der Waals surface area contributed by atoms with Gasteiger partial charge in [-0.3, -0.25) is 0 Å². The van der Waals surface area contributed by atoms with Crippen LogP contribution in [0, 0.1) is 0 Å². The second-order valence-electron chi connectivity index (χ2n) is 10.4. The van der Waals surface area contributed by atoms with E-state index in [9.17, 15) is 0 Å². The van der Waals surface area contributed by atoms with Gasteiger partial charge >= 0.3 is 0 Å². The Morgan fingerprint density at radius 3 is 1.81 bits per heavy atom. The molecule has 0 amide bonds. The topological polar surface area (TPSA) is 0 Å². The predicted molar refractivity (Wildman–Crippen MR) is 168 cm³/mol. The van der Waals surface area contributed by atoms with E-state index in [1.165, 1.54) is 115 Å². The number of benzene rings is 5. The molecule has 0 N–H and O–H groups in total. The lowest BCUT2D eigenvalue weighted by atomic mass is 9.91. The quantitative estimate of drug-likeness (QED) is 0.110. The first kappa shape index (κ1) is 25.7. The molecule has 2 heteroatoms. The number of hydrogen-bond donors (Lipinski definition) is 0. The Labute approximate surface area is 232 Å². The lowest BCUT2D eigenvalue weighted by molar-refractivity contribution is 0.667. The molecule has 0 saturated heterocycles. The highest BCUT2D eigenvalue weighted by molar-refractivity contribution is 9.11. The van der Waals surface area contributed by atoms with Crippen LogP contribution < -0.4 is 0 Å². The molecule has 0 radical (unpaired) electrons. The fourth-order valence-corrected chi connectivity index (χ4v) is 6.96. The van der Waals surface area contributed by atoms with Crippen molar-refractivity contribution in [3.8, 4) is 0 Å². The van der Waals surface area contributed by atoms with Crippen LogP contribution in [0.15, 0.2) is 69.6 Å². The molecule has 0 atom stereocenters. The third-order valence-corrected chi connectivity index (χ3v) is 8.98. The normalized spacial score (nSPS) is 11.9. The minimum absolute atomic E-state index is 1.16. The number of aryl methyl sites for hydroxylation is 2. The van der Waals surface area contributed by atoms with Gasteiger partial charge in [0.1, 0.15) is 0 Å². The molecule has 5 aromatic carbocycles. The third-order valence-electron chi connectivity index (χ3n) is 7.70. The van der Waals surface area contributed by atoms with Gasteiger partial charge in [0.05, 0.1) is 0 Å². The fraction of sp³-hybridized carbons (Fsp3) is 0.353. The van der Waals surface area contributed by atoms with Gasteiger partial charge < -0.3 is 0 Å². The molecule has 0 nitrogen and oxygen atoms in total. The van der Waals surface area contributed by atoms with E-state index in [0.717, 1.165) is 12.8 Å². The Bertz CT molecular complexity index is 1530. The summed E-state index contributed by atoms with van der Waals surface area (Å²) < 4.78 is 2.35. The van der Waals surface area contributed by atoms with E-state index in [0.29, 0.717) is 0 Å². The maximum Gasteiger partial charge on any atom is 0.0266 e. The Morgan fingerprint density at radius 1 is 0.472 bits per heavy atom. The highest BCUT2D eigenvalue weighted by Crippen LogP contribution is 2.42.